The largest absolute Gasteiger partial charge is 0.508 e. The van der Waals surface area contributed by atoms with Gasteiger partial charge in [-0.15, -0.1) is 0 Å². The molecule has 0 aliphatic heterocycles. The second-order valence-electron chi connectivity index (χ2n) is 7.13. The number of rotatable bonds is 8. The van der Waals surface area contributed by atoms with Crippen LogP contribution in [0.3, 0.4) is 0 Å². The highest BCUT2D eigenvalue weighted by molar-refractivity contribution is 6.00. The molecule has 4 N–H and O–H groups in total. The molecule has 0 heterocycles. The van der Waals surface area contributed by atoms with E-state index in [0.717, 1.165) is 0 Å². The first kappa shape index (κ1) is 22.3. The molecule has 29 heavy (non-hydrogen) atoms. The van der Waals surface area contributed by atoms with Gasteiger partial charge in [-0.2, -0.15) is 0 Å². The Labute approximate surface area is 170 Å². The molecule has 0 radical (unpaired) electrons. The number of aromatic hydroxyl groups is 1. The Bertz CT molecular complexity index is 889. The molecule has 0 saturated heterocycles. The van der Waals surface area contributed by atoms with Crippen molar-refractivity contribution in [2.75, 3.05) is 0 Å². The van der Waals surface area contributed by atoms with Crippen LogP contribution in [-0.2, 0) is 15.1 Å². The number of ketones is 1. The number of para-hydroxylation sites is 1. The van der Waals surface area contributed by atoms with Crippen LogP contribution < -0.4 is 5.73 Å². The van der Waals surface area contributed by atoms with Gasteiger partial charge in [0.05, 0.1) is 0 Å². The molecule has 3 unspecified atom stereocenters. The van der Waals surface area contributed by atoms with Crippen LogP contribution in [0.1, 0.15) is 43.1 Å². The highest BCUT2D eigenvalue weighted by atomic mass is 16.6. The van der Waals surface area contributed by atoms with Crippen LogP contribution in [0.4, 0.5) is 0 Å². The molecule has 0 spiro atoms. The third-order valence-electron chi connectivity index (χ3n) is 4.72. The van der Waals surface area contributed by atoms with Crippen molar-refractivity contribution >= 4 is 11.8 Å². The number of hydrogen-bond acceptors (Lipinski definition) is 6. The molecule has 154 valence electrons. The Morgan fingerprint density at radius 3 is 2.24 bits per heavy atom. The first-order valence-corrected chi connectivity index (χ1v) is 9.42. The van der Waals surface area contributed by atoms with Crippen LogP contribution in [-0.4, -0.2) is 34.1 Å². The number of phenols is 1. The summed E-state index contributed by atoms with van der Waals surface area (Å²) in [6.07, 6.45) is -0.114. The molecule has 0 aliphatic carbocycles. The number of aliphatic hydroxyl groups is 1. The first-order chi connectivity index (χ1) is 13.7. The first-order valence-electron chi connectivity index (χ1n) is 9.42. The van der Waals surface area contributed by atoms with Crippen LogP contribution >= 0.6 is 0 Å². The number of nitrogens with two attached hydrogens (primary N) is 1. The van der Waals surface area contributed by atoms with Crippen molar-refractivity contribution in [1.29, 1.82) is 0 Å². The van der Waals surface area contributed by atoms with E-state index in [0.29, 0.717) is 11.1 Å². The summed E-state index contributed by atoms with van der Waals surface area (Å²) in [5.74, 6) is -1.39. The minimum atomic E-state index is -1.87. The Morgan fingerprint density at radius 1 is 1.10 bits per heavy atom. The molecular formula is C23H27NO5. The van der Waals surface area contributed by atoms with Gasteiger partial charge in [0.1, 0.15) is 17.4 Å². The van der Waals surface area contributed by atoms with Crippen LogP contribution in [0.25, 0.3) is 0 Å². The maximum absolute atomic E-state index is 13.0. The standard InChI is InChI=1S/C23H27NO5/c1-4-23(28,17-12-8-9-13-18(17)25)22(29-19(26)14-15(2)3)20(24)21(27)16-10-6-5-7-11-16/h5-14,20,22,25,28H,4,24H2,1-3H3. The van der Waals surface area contributed by atoms with E-state index in [-0.39, 0.29) is 17.7 Å². The summed E-state index contributed by atoms with van der Waals surface area (Å²) >= 11 is 0. The number of ether oxygens (including phenoxy) is 1. The Morgan fingerprint density at radius 2 is 1.69 bits per heavy atom. The molecule has 0 aliphatic rings. The lowest BCUT2D eigenvalue weighted by Gasteiger charge is -2.38. The molecule has 0 fully saturated rings. The normalized spacial score (nSPS) is 14.9. The van der Waals surface area contributed by atoms with Gasteiger partial charge in [0, 0.05) is 17.2 Å². The fraction of sp³-hybridized carbons (Fsp3) is 0.304. The second kappa shape index (κ2) is 9.49. The number of phenolic OH excluding ortho intramolecular Hbond substituents is 1. The minimum Gasteiger partial charge on any atom is -0.508 e. The van der Waals surface area contributed by atoms with Gasteiger partial charge < -0.3 is 20.7 Å². The van der Waals surface area contributed by atoms with Crippen molar-refractivity contribution in [3.05, 3.63) is 77.4 Å². The number of esters is 1. The molecule has 2 aromatic carbocycles. The predicted octanol–water partition coefficient (Wildman–Crippen LogP) is 3.08. The molecule has 0 aromatic heterocycles. The average Bonchev–Trinajstić information content (AvgIpc) is 2.71. The molecule has 3 atom stereocenters. The van der Waals surface area contributed by atoms with E-state index in [2.05, 4.69) is 0 Å². The number of allylic oxidation sites excluding steroid dienone is 1. The zero-order chi connectivity index (χ0) is 21.6. The zero-order valence-corrected chi connectivity index (χ0v) is 16.8. The van der Waals surface area contributed by atoms with Crippen molar-refractivity contribution in [2.45, 2.75) is 44.9 Å². The fourth-order valence-electron chi connectivity index (χ4n) is 3.18. The summed E-state index contributed by atoms with van der Waals surface area (Å²) in [5.41, 5.74) is 5.52. The lowest BCUT2D eigenvalue weighted by molar-refractivity contribution is -0.163. The van der Waals surface area contributed by atoms with Crippen molar-refractivity contribution in [3.63, 3.8) is 0 Å². The third kappa shape index (κ3) is 5.10. The monoisotopic (exact) mass is 397 g/mol. The summed E-state index contributed by atoms with van der Waals surface area (Å²) in [7, 11) is 0. The van der Waals surface area contributed by atoms with E-state index in [9.17, 15) is 19.8 Å². The smallest absolute Gasteiger partial charge is 0.331 e. The number of carbonyl (C=O) groups excluding carboxylic acids is 2. The number of hydrogen-bond donors (Lipinski definition) is 3. The maximum atomic E-state index is 13.0. The topological polar surface area (TPSA) is 110 Å². The number of benzene rings is 2. The van der Waals surface area contributed by atoms with E-state index < -0.39 is 29.5 Å². The van der Waals surface area contributed by atoms with Crippen LogP contribution in [0.5, 0.6) is 5.75 Å². The van der Waals surface area contributed by atoms with Crippen LogP contribution in [0, 0.1) is 0 Å². The molecule has 2 rings (SSSR count). The van der Waals surface area contributed by atoms with E-state index >= 15 is 0 Å². The predicted molar refractivity (Wildman–Crippen MR) is 110 cm³/mol. The quantitative estimate of drug-likeness (QED) is 0.359. The summed E-state index contributed by atoms with van der Waals surface area (Å²) in [6, 6.07) is 13.2. The van der Waals surface area contributed by atoms with Crippen molar-refractivity contribution in [2.24, 2.45) is 5.73 Å². The second-order valence-corrected chi connectivity index (χ2v) is 7.13. The van der Waals surface area contributed by atoms with Gasteiger partial charge in [-0.25, -0.2) is 4.79 Å². The summed E-state index contributed by atoms with van der Waals surface area (Å²) in [6.45, 7) is 5.11. The molecule has 0 saturated carbocycles. The summed E-state index contributed by atoms with van der Waals surface area (Å²) in [5, 5.41) is 21.8. The highest BCUT2D eigenvalue weighted by Crippen LogP contribution is 2.37. The van der Waals surface area contributed by atoms with Crippen LogP contribution in [0.2, 0.25) is 0 Å². The van der Waals surface area contributed by atoms with Gasteiger partial charge in [-0.05, 0) is 26.3 Å². The van der Waals surface area contributed by atoms with Crippen LogP contribution in [0.15, 0.2) is 66.2 Å². The van der Waals surface area contributed by atoms with Gasteiger partial charge in [-0.3, -0.25) is 4.79 Å². The van der Waals surface area contributed by atoms with E-state index in [1.807, 2.05) is 0 Å². The molecule has 2 aromatic rings. The van der Waals surface area contributed by atoms with Crippen molar-refractivity contribution in [1.82, 2.24) is 0 Å². The van der Waals surface area contributed by atoms with Gasteiger partial charge in [0.2, 0.25) is 0 Å². The number of carbonyl (C=O) groups is 2. The average molecular weight is 397 g/mol. The molecule has 6 nitrogen and oxygen atoms in total. The lowest BCUT2D eigenvalue weighted by Crippen LogP contribution is -2.55. The summed E-state index contributed by atoms with van der Waals surface area (Å²) < 4.78 is 5.51. The lowest BCUT2D eigenvalue weighted by atomic mass is 9.80. The maximum Gasteiger partial charge on any atom is 0.331 e. The third-order valence-corrected chi connectivity index (χ3v) is 4.72. The molecule has 0 bridgehead atoms. The van der Waals surface area contributed by atoms with Crippen molar-refractivity contribution < 1.29 is 24.5 Å². The fourth-order valence-corrected chi connectivity index (χ4v) is 3.18. The van der Waals surface area contributed by atoms with Gasteiger partial charge in [0.15, 0.2) is 11.9 Å². The van der Waals surface area contributed by atoms with E-state index in [4.69, 9.17) is 10.5 Å². The SMILES string of the molecule is CCC(O)(c1ccccc1O)C(OC(=O)C=C(C)C)C(N)C(=O)c1ccccc1. The van der Waals surface area contributed by atoms with E-state index in [1.54, 1.807) is 63.2 Å². The van der Waals surface area contributed by atoms with Gasteiger partial charge >= 0.3 is 5.97 Å². The minimum absolute atomic E-state index is 0.0487. The number of Topliss-reactive ketones (excluding diaryl/α,β-unsaturated/α-hetero) is 1. The molecule has 0 amide bonds. The zero-order valence-electron chi connectivity index (χ0n) is 16.8. The molecule has 6 heteroatoms. The van der Waals surface area contributed by atoms with Gasteiger partial charge in [-0.1, -0.05) is 61.0 Å². The van der Waals surface area contributed by atoms with Gasteiger partial charge in [0.25, 0.3) is 0 Å². The van der Waals surface area contributed by atoms with Crippen molar-refractivity contribution in [3.8, 4) is 5.75 Å². The Kier molecular flexibility index (Phi) is 7.31. The molecular weight excluding hydrogens is 370 g/mol. The van der Waals surface area contributed by atoms with E-state index in [1.165, 1.54) is 18.2 Å². The Hall–Kier alpha value is -2.96. The highest BCUT2D eigenvalue weighted by Gasteiger charge is 2.47. The Balaban J connectivity index is 2.53. The summed E-state index contributed by atoms with van der Waals surface area (Å²) in [4.78, 5) is 25.3.